The Bertz CT molecular complexity index is 1540. The zero-order valence-electron chi connectivity index (χ0n) is 26.2. The molecule has 0 atom stereocenters. The van der Waals surface area contributed by atoms with Crippen molar-refractivity contribution in [1.29, 1.82) is 0 Å². The van der Waals surface area contributed by atoms with Gasteiger partial charge in [-0.1, -0.05) is 23.7 Å². The first-order chi connectivity index (χ1) is 21.9. The second kappa shape index (κ2) is 14.4. The van der Waals surface area contributed by atoms with Crippen LogP contribution in [0.1, 0.15) is 67.2 Å². The van der Waals surface area contributed by atoms with E-state index in [0.29, 0.717) is 68.5 Å². The van der Waals surface area contributed by atoms with Crippen LogP contribution in [0, 0.1) is 0 Å². The van der Waals surface area contributed by atoms with Crippen molar-refractivity contribution in [2.45, 2.75) is 64.3 Å². The summed E-state index contributed by atoms with van der Waals surface area (Å²) >= 11 is 5.90. The molecule has 0 aliphatic carbocycles. The Balaban J connectivity index is 1.34. The first-order valence-corrected chi connectivity index (χ1v) is 15.8. The number of pyridine rings is 1. The van der Waals surface area contributed by atoms with Crippen LogP contribution in [0.25, 0.3) is 0 Å². The maximum Gasteiger partial charge on any atom is 0.410 e. The number of benzene rings is 2. The van der Waals surface area contributed by atoms with Crippen LogP contribution in [0.4, 0.5) is 16.3 Å². The van der Waals surface area contributed by atoms with Crippen molar-refractivity contribution in [3.05, 3.63) is 76.9 Å². The number of hydrogen-bond donors (Lipinski definition) is 2. The molecule has 3 aromatic rings. The third-order valence-electron chi connectivity index (χ3n) is 7.71. The quantitative estimate of drug-likeness (QED) is 0.235. The van der Waals surface area contributed by atoms with Crippen molar-refractivity contribution in [3.63, 3.8) is 0 Å². The molecule has 0 saturated carbocycles. The highest BCUT2D eigenvalue weighted by atomic mass is 35.5. The van der Waals surface area contributed by atoms with E-state index in [1.54, 1.807) is 47.4 Å². The number of nitrogens with one attached hydrogen (secondary N) is 1. The number of anilines is 2. The Morgan fingerprint density at radius 3 is 2.30 bits per heavy atom. The fraction of sp³-hybridized carbons (Fsp3) is 0.412. The van der Waals surface area contributed by atoms with Gasteiger partial charge in [0, 0.05) is 57.0 Å². The highest BCUT2D eigenvalue weighted by molar-refractivity contribution is 6.30. The molecule has 2 N–H and O–H groups in total. The number of aromatic nitrogens is 1. The molecule has 5 rings (SSSR count). The van der Waals surface area contributed by atoms with Crippen molar-refractivity contribution >= 4 is 41.1 Å². The summed E-state index contributed by atoms with van der Waals surface area (Å²) in [4.78, 5) is 47.2. The Hall–Kier alpha value is -4.35. The molecule has 2 amide bonds. The molecule has 244 valence electrons. The van der Waals surface area contributed by atoms with Crippen molar-refractivity contribution in [2.75, 3.05) is 36.4 Å². The summed E-state index contributed by atoms with van der Waals surface area (Å²) in [5.41, 5.74) is 0.620. The summed E-state index contributed by atoms with van der Waals surface area (Å²) in [6, 6.07) is 14.9. The lowest BCUT2D eigenvalue weighted by molar-refractivity contribution is 0.0126. The lowest BCUT2D eigenvalue weighted by Crippen LogP contribution is -2.44. The van der Waals surface area contributed by atoms with Gasteiger partial charge < -0.3 is 34.4 Å². The first-order valence-electron chi connectivity index (χ1n) is 15.4. The molecule has 12 heteroatoms. The molecular formula is C34H39ClN4O7. The minimum Gasteiger partial charge on any atom is -0.489 e. The summed E-state index contributed by atoms with van der Waals surface area (Å²) in [5.74, 6) is -0.480. The van der Waals surface area contributed by atoms with Crippen LogP contribution in [-0.2, 0) is 4.74 Å². The minimum absolute atomic E-state index is 0.0738. The number of amides is 2. The van der Waals surface area contributed by atoms with Crippen LogP contribution in [-0.4, -0.2) is 76.9 Å². The molecule has 0 radical (unpaired) electrons. The van der Waals surface area contributed by atoms with Gasteiger partial charge in [0.1, 0.15) is 34.6 Å². The number of rotatable bonds is 7. The molecule has 0 unspecified atom stereocenters. The summed E-state index contributed by atoms with van der Waals surface area (Å²) in [7, 11) is 0. The number of ether oxygens (including phenoxy) is 3. The van der Waals surface area contributed by atoms with Crippen LogP contribution in [0.15, 0.2) is 60.8 Å². The topological polar surface area (TPSA) is 131 Å². The van der Waals surface area contributed by atoms with E-state index in [2.05, 4.69) is 15.2 Å². The van der Waals surface area contributed by atoms with Gasteiger partial charge in [0.15, 0.2) is 0 Å². The fourth-order valence-corrected chi connectivity index (χ4v) is 5.40. The molecule has 2 aliphatic rings. The van der Waals surface area contributed by atoms with Crippen molar-refractivity contribution < 1.29 is 33.7 Å². The summed E-state index contributed by atoms with van der Waals surface area (Å²) < 4.78 is 17.8. The van der Waals surface area contributed by atoms with Crippen LogP contribution in [0.3, 0.4) is 0 Å². The Morgan fingerprint density at radius 1 is 0.913 bits per heavy atom. The van der Waals surface area contributed by atoms with Crippen LogP contribution in [0.2, 0.25) is 5.02 Å². The van der Waals surface area contributed by atoms with E-state index in [4.69, 9.17) is 25.8 Å². The van der Waals surface area contributed by atoms with E-state index in [-0.39, 0.29) is 35.2 Å². The van der Waals surface area contributed by atoms with E-state index < -0.39 is 17.5 Å². The van der Waals surface area contributed by atoms with E-state index in [9.17, 15) is 19.5 Å². The van der Waals surface area contributed by atoms with Gasteiger partial charge in [-0.2, -0.15) is 0 Å². The number of para-hydroxylation sites is 1. The van der Waals surface area contributed by atoms with Crippen LogP contribution < -0.4 is 19.7 Å². The van der Waals surface area contributed by atoms with Crippen LogP contribution in [0.5, 0.6) is 11.5 Å². The number of aliphatic hydroxyl groups excluding tert-OH is 1. The third-order valence-corrected chi connectivity index (χ3v) is 7.93. The maximum absolute atomic E-state index is 13.7. The Labute approximate surface area is 273 Å². The number of carbonyl (C=O) groups excluding carboxylic acids is 3. The number of nitrogens with zero attached hydrogens (tertiary/aromatic N) is 3. The number of aliphatic hydroxyl groups is 1. The van der Waals surface area contributed by atoms with E-state index >= 15 is 0 Å². The van der Waals surface area contributed by atoms with Gasteiger partial charge in [0.25, 0.3) is 5.91 Å². The van der Waals surface area contributed by atoms with Crippen LogP contribution >= 0.6 is 11.6 Å². The standard InChI is InChI=1S/C34H39ClN4O7/c1-34(2,3)46-33(43)39-18-14-25(15-19-39)44-29-20-23(38-16-12-24(40)13-17-38)9-10-27(29)32(42)45-28-7-5-4-6-26(28)31(41)37-30-11-8-22(35)21-36-30/h4-11,20-21,24-25,40H,12-19H2,1-3H3,(H,36,37,41). The van der Waals surface area contributed by atoms with Gasteiger partial charge in [-0.25, -0.2) is 14.6 Å². The van der Waals surface area contributed by atoms with E-state index in [0.717, 1.165) is 5.69 Å². The predicted octanol–water partition coefficient (Wildman–Crippen LogP) is 5.95. The minimum atomic E-state index is -0.688. The number of hydrogen-bond acceptors (Lipinski definition) is 9. The van der Waals surface area contributed by atoms with Gasteiger partial charge >= 0.3 is 12.1 Å². The molecule has 1 aromatic heterocycles. The number of carbonyl (C=O) groups is 3. The molecular weight excluding hydrogens is 612 g/mol. The fourth-order valence-electron chi connectivity index (χ4n) is 5.29. The number of halogens is 1. The third kappa shape index (κ3) is 8.67. The monoisotopic (exact) mass is 650 g/mol. The summed E-state index contributed by atoms with van der Waals surface area (Å²) in [6.45, 7) is 7.74. The van der Waals surface area contributed by atoms with E-state index in [1.165, 1.54) is 6.20 Å². The zero-order valence-corrected chi connectivity index (χ0v) is 27.0. The predicted molar refractivity (Wildman–Crippen MR) is 174 cm³/mol. The number of likely N-dealkylation sites (tertiary alicyclic amines) is 1. The zero-order chi connectivity index (χ0) is 32.8. The highest BCUT2D eigenvalue weighted by Gasteiger charge is 2.29. The lowest BCUT2D eigenvalue weighted by atomic mass is 10.1. The normalized spacial score (nSPS) is 16.1. The molecule has 2 saturated heterocycles. The smallest absolute Gasteiger partial charge is 0.410 e. The van der Waals surface area contributed by atoms with Gasteiger partial charge in [0.05, 0.1) is 16.7 Å². The average Bonchev–Trinajstić information content (AvgIpc) is 3.02. The highest BCUT2D eigenvalue weighted by Crippen LogP contribution is 2.32. The number of piperidine rings is 2. The second-order valence-corrected chi connectivity index (χ2v) is 12.8. The van der Waals surface area contributed by atoms with E-state index in [1.807, 2.05) is 32.9 Å². The van der Waals surface area contributed by atoms with Gasteiger partial charge in [0.2, 0.25) is 0 Å². The summed E-state index contributed by atoms with van der Waals surface area (Å²) in [6.07, 6.45) is 2.87. The Morgan fingerprint density at radius 2 is 1.63 bits per heavy atom. The largest absolute Gasteiger partial charge is 0.489 e. The van der Waals surface area contributed by atoms with Crippen molar-refractivity contribution in [2.24, 2.45) is 0 Å². The molecule has 0 bridgehead atoms. The Kier molecular flexibility index (Phi) is 10.3. The molecule has 11 nitrogen and oxygen atoms in total. The molecule has 0 spiro atoms. The molecule has 3 heterocycles. The molecule has 46 heavy (non-hydrogen) atoms. The van der Waals surface area contributed by atoms with Gasteiger partial charge in [-0.3, -0.25) is 4.79 Å². The second-order valence-electron chi connectivity index (χ2n) is 12.4. The lowest BCUT2D eigenvalue weighted by Gasteiger charge is -2.34. The van der Waals surface area contributed by atoms with Gasteiger partial charge in [-0.15, -0.1) is 0 Å². The molecule has 2 fully saturated rings. The van der Waals surface area contributed by atoms with Crippen molar-refractivity contribution in [3.8, 4) is 11.5 Å². The first kappa shape index (κ1) is 33.0. The average molecular weight is 651 g/mol. The summed E-state index contributed by atoms with van der Waals surface area (Å²) in [5, 5.41) is 13.1. The molecule has 2 aromatic carbocycles. The van der Waals surface area contributed by atoms with Gasteiger partial charge in [-0.05, 0) is 70.0 Å². The van der Waals surface area contributed by atoms with Crippen molar-refractivity contribution in [1.82, 2.24) is 9.88 Å². The maximum atomic E-state index is 13.7. The number of esters is 1. The molecule has 2 aliphatic heterocycles. The SMILES string of the molecule is CC(C)(C)OC(=O)N1CCC(Oc2cc(N3CCC(O)CC3)ccc2C(=O)Oc2ccccc2C(=O)Nc2ccc(Cl)cn2)CC1.